The number of carbonyl (C=O) groups is 2. The van der Waals surface area contributed by atoms with E-state index in [0.29, 0.717) is 0 Å². The summed E-state index contributed by atoms with van der Waals surface area (Å²) in [6, 6.07) is -1.16. The van der Waals surface area contributed by atoms with Gasteiger partial charge >= 0.3 is 0 Å². The van der Waals surface area contributed by atoms with Crippen LogP contribution in [0.25, 0.3) is 0 Å². The topological polar surface area (TPSA) is 115 Å². The molecule has 1 amide bonds. The summed E-state index contributed by atoms with van der Waals surface area (Å²) in [6.07, 6.45) is -3.76. The number of rotatable bonds is 3. The fourth-order valence-electron chi connectivity index (χ4n) is 3.18. The van der Waals surface area contributed by atoms with Crippen LogP contribution < -0.4 is 10.4 Å². The molecule has 3 aliphatic rings. The summed E-state index contributed by atoms with van der Waals surface area (Å²) in [5, 5.41) is 13.2. The molecule has 0 aromatic heterocycles. The highest BCUT2D eigenvalue weighted by atomic mass is 16.9. The molecule has 0 aromatic carbocycles. The van der Waals surface area contributed by atoms with Gasteiger partial charge in [0.1, 0.15) is 18.3 Å². The Kier molecular flexibility index (Phi) is 4.12. The van der Waals surface area contributed by atoms with E-state index < -0.39 is 60.2 Å². The highest BCUT2D eigenvalue weighted by Crippen LogP contribution is 2.44. The van der Waals surface area contributed by atoms with Gasteiger partial charge in [-0.05, 0) is 34.6 Å². The third-order valence-electron chi connectivity index (χ3n) is 4.13. The van der Waals surface area contributed by atoms with Crippen LogP contribution in [0.15, 0.2) is 0 Å². The molecular weight excluding hydrogens is 322 g/mol. The Balaban J connectivity index is 1.82. The molecule has 6 atom stereocenters. The summed E-state index contributed by atoms with van der Waals surface area (Å²) in [7, 11) is 0. The molecule has 0 radical (unpaired) electrons. The van der Waals surface area contributed by atoms with Crippen LogP contribution in [0, 0.1) is 0 Å². The lowest BCUT2D eigenvalue weighted by Crippen LogP contribution is -2.61. The Morgan fingerprint density at radius 3 is 2.12 bits per heavy atom. The van der Waals surface area contributed by atoms with Gasteiger partial charge in [-0.25, -0.2) is 0 Å². The number of carboxylic acid groups (broad SMARTS) is 1. The molecule has 3 rings (SSSR count). The van der Waals surface area contributed by atoms with E-state index in [9.17, 15) is 14.7 Å². The average Bonchev–Trinajstić information content (AvgIpc) is 2.91. The predicted octanol–water partition coefficient (Wildman–Crippen LogP) is -1.36. The van der Waals surface area contributed by atoms with E-state index in [-0.39, 0.29) is 0 Å². The van der Waals surface area contributed by atoms with Crippen molar-refractivity contribution in [3.05, 3.63) is 0 Å². The maximum atomic E-state index is 12.5. The van der Waals surface area contributed by atoms with Crippen molar-refractivity contribution in [2.24, 2.45) is 0 Å². The van der Waals surface area contributed by atoms with E-state index in [4.69, 9.17) is 23.7 Å². The number of hydrogen-bond acceptors (Lipinski definition) is 8. The molecule has 3 aliphatic heterocycles. The fourth-order valence-corrected chi connectivity index (χ4v) is 3.18. The Morgan fingerprint density at radius 1 is 0.958 bits per heavy atom. The Bertz CT molecular complexity index is 548. The van der Waals surface area contributed by atoms with Crippen molar-refractivity contribution >= 4 is 11.9 Å². The van der Waals surface area contributed by atoms with Gasteiger partial charge in [0, 0.05) is 0 Å². The molecule has 3 saturated heterocycles. The van der Waals surface area contributed by atoms with Crippen LogP contribution in [0.4, 0.5) is 0 Å². The van der Waals surface area contributed by atoms with Gasteiger partial charge in [-0.3, -0.25) is 4.79 Å². The molecule has 3 fully saturated rings. The van der Waals surface area contributed by atoms with Crippen LogP contribution in [0.2, 0.25) is 0 Å². The number of hydrogen-bond donors (Lipinski definition) is 1. The van der Waals surface area contributed by atoms with Gasteiger partial charge in [-0.2, -0.15) is 0 Å². The van der Waals surface area contributed by atoms with Crippen molar-refractivity contribution < 1.29 is 38.4 Å². The second-order valence-corrected chi connectivity index (χ2v) is 7.14. The normalized spacial score (nSPS) is 40.5. The summed E-state index contributed by atoms with van der Waals surface area (Å²) in [5.41, 5.74) is 0. The van der Waals surface area contributed by atoms with Gasteiger partial charge in [0.15, 0.2) is 24.0 Å². The highest BCUT2D eigenvalue weighted by Gasteiger charge is 2.62. The standard InChI is InChI=1S/C15H23NO8/c1-6(12(18)19)16-11(17)9-7-8(22-14(2,3)21-7)10-13(20-9)24-15(4,5)23-10/h6-10,13H,1-5H3,(H,16,17)(H,18,19)/p-1/t6-,7-,8+,9+,10-,13-/m1/s1. The molecule has 3 heterocycles. The van der Waals surface area contributed by atoms with Crippen molar-refractivity contribution in [1.82, 2.24) is 5.32 Å². The largest absolute Gasteiger partial charge is 0.548 e. The number of fused-ring (bicyclic) bond motifs is 3. The SMILES string of the molecule is C[C@@H](NC(=O)[C@H]1O[C@@H]2OC(C)(C)O[C@@H]2[C@H]2OC(C)(C)O[C@H]21)C(=O)[O-]. The first-order valence-electron chi connectivity index (χ1n) is 7.87. The molecule has 0 aliphatic carbocycles. The van der Waals surface area contributed by atoms with E-state index in [1.807, 2.05) is 0 Å². The molecule has 9 nitrogen and oxygen atoms in total. The van der Waals surface area contributed by atoms with Crippen molar-refractivity contribution in [1.29, 1.82) is 0 Å². The van der Waals surface area contributed by atoms with Crippen LogP contribution in [-0.2, 0) is 33.3 Å². The Labute approximate surface area is 139 Å². The van der Waals surface area contributed by atoms with Gasteiger partial charge in [0.25, 0.3) is 5.91 Å². The van der Waals surface area contributed by atoms with Crippen molar-refractivity contribution in [3.63, 3.8) is 0 Å². The molecule has 24 heavy (non-hydrogen) atoms. The van der Waals surface area contributed by atoms with E-state index in [0.717, 1.165) is 0 Å². The molecule has 0 unspecified atom stereocenters. The first-order chi connectivity index (χ1) is 11.0. The zero-order valence-corrected chi connectivity index (χ0v) is 14.2. The molecule has 0 saturated carbocycles. The first kappa shape index (κ1) is 17.6. The molecule has 1 N–H and O–H groups in total. The summed E-state index contributed by atoms with van der Waals surface area (Å²) in [6.45, 7) is 8.22. The number of carbonyl (C=O) groups excluding carboxylic acids is 2. The maximum Gasteiger partial charge on any atom is 0.252 e. The van der Waals surface area contributed by atoms with Crippen molar-refractivity contribution in [3.8, 4) is 0 Å². The van der Waals surface area contributed by atoms with Crippen LogP contribution in [0.3, 0.4) is 0 Å². The molecule has 0 bridgehead atoms. The second-order valence-electron chi connectivity index (χ2n) is 7.14. The van der Waals surface area contributed by atoms with E-state index in [1.165, 1.54) is 6.92 Å². The molecule has 9 heteroatoms. The van der Waals surface area contributed by atoms with Gasteiger partial charge in [0.05, 0.1) is 12.0 Å². The van der Waals surface area contributed by atoms with E-state index >= 15 is 0 Å². The van der Waals surface area contributed by atoms with Crippen molar-refractivity contribution in [2.75, 3.05) is 0 Å². The number of carboxylic acids is 1. The third-order valence-corrected chi connectivity index (χ3v) is 4.13. The lowest BCUT2D eigenvalue weighted by molar-refractivity contribution is -0.308. The van der Waals surface area contributed by atoms with Crippen LogP contribution in [0.1, 0.15) is 34.6 Å². The summed E-state index contributed by atoms with van der Waals surface area (Å²) >= 11 is 0. The maximum absolute atomic E-state index is 12.5. The summed E-state index contributed by atoms with van der Waals surface area (Å²) < 4.78 is 28.9. The second kappa shape index (κ2) is 5.63. The quantitative estimate of drug-likeness (QED) is 0.667. The minimum absolute atomic E-state index is 0.547. The third kappa shape index (κ3) is 3.14. The van der Waals surface area contributed by atoms with Gasteiger partial charge in [0.2, 0.25) is 0 Å². The smallest absolute Gasteiger partial charge is 0.252 e. The minimum Gasteiger partial charge on any atom is -0.548 e. The molecular formula is C15H22NO8-. The summed E-state index contributed by atoms with van der Waals surface area (Å²) in [5.74, 6) is -3.84. The van der Waals surface area contributed by atoms with Gasteiger partial charge < -0.3 is 38.9 Å². The van der Waals surface area contributed by atoms with Crippen molar-refractivity contribution in [2.45, 2.75) is 82.9 Å². The monoisotopic (exact) mass is 344 g/mol. The number of amides is 1. The van der Waals surface area contributed by atoms with E-state index in [1.54, 1.807) is 27.7 Å². The number of nitrogens with one attached hydrogen (secondary N) is 1. The van der Waals surface area contributed by atoms with E-state index in [2.05, 4.69) is 5.32 Å². The fraction of sp³-hybridized carbons (Fsp3) is 0.867. The van der Waals surface area contributed by atoms with Crippen LogP contribution in [-0.4, -0.2) is 60.2 Å². The summed E-state index contributed by atoms with van der Waals surface area (Å²) in [4.78, 5) is 23.3. The van der Waals surface area contributed by atoms with Crippen LogP contribution in [0.5, 0.6) is 0 Å². The molecule has 0 aromatic rings. The Morgan fingerprint density at radius 2 is 1.50 bits per heavy atom. The van der Waals surface area contributed by atoms with Gasteiger partial charge in [-0.1, -0.05) is 0 Å². The number of ether oxygens (including phenoxy) is 5. The zero-order chi connectivity index (χ0) is 17.9. The number of aliphatic carboxylic acids is 1. The van der Waals surface area contributed by atoms with Gasteiger partial charge in [-0.15, -0.1) is 0 Å². The predicted molar refractivity (Wildman–Crippen MR) is 75.1 cm³/mol. The molecule has 136 valence electrons. The average molecular weight is 344 g/mol. The lowest BCUT2D eigenvalue weighted by Gasteiger charge is -2.36. The lowest BCUT2D eigenvalue weighted by atomic mass is 9.98. The minimum atomic E-state index is -1.39. The zero-order valence-electron chi connectivity index (χ0n) is 14.2. The first-order valence-corrected chi connectivity index (χ1v) is 7.87. The molecule has 0 spiro atoms. The Hall–Kier alpha value is -1.26. The van der Waals surface area contributed by atoms with Crippen LogP contribution >= 0.6 is 0 Å². The highest BCUT2D eigenvalue weighted by molar-refractivity contribution is 5.86.